The maximum Gasteiger partial charge on any atom is 0.333 e. The van der Waals surface area contributed by atoms with E-state index in [0.29, 0.717) is 18.4 Å². The fourth-order valence-corrected chi connectivity index (χ4v) is 4.21. The number of esters is 1. The summed E-state index contributed by atoms with van der Waals surface area (Å²) in [7, 11) is 1.36. The highest BCUT2D eigenvalue weighted by molar-refractivity contribution is 5.88. The minimum atomic E-state index is -1.10. The number of fused-ring (bicyclic) bond motifs is 1. The lowest BCUT2D eigenvalue weighted by Gasteiger charge is -2.56. The van der Waals surface area contributed by atoms with E-state index in [4.69, 9.17) is 4.74 Å². The number of rotatable bonds is 2. The summed E-state index contributed by atoms with van der Waals surface area (Å²) in [6.07, 6.45) is 3.41. The molecule has 0 amide bonds. The van der Waals surface area contributed by atoms with Gasteiger partial charge < -0.3 is 14.9 Å². The molecule has 20 heavy (non-hydrogen) atoms. The van der Waals surface area contributed by atoms with E-state index >= 15 is 0 Å². The highest BCUT2D eigenvalue weighted by atomic mass is 16.5. The first-order chi connectivity index (χ1) is 9.22. The Labute approximate surface area is 120 Å². The van der Waals surface area contributed by atoms with E-state index in [1.165, 1.54) is 7.11 Å². The molecule has 0 unspecified atom stereocenters. The number of aliphatic hydroxyl groups excluding tert-OH is 1. The second-order valence-corrected chi connectivity index (χ2v) is 6.98. The summed E-state index contributed by atoms with van der Waals surface area (Å²) in [5.74, 6) is -0.342. The first kappa shape index (κ1) is 15.5. The van der Waals surface area contributed by atoms with Crippen molar-refractivity contribution in [3.8, 4) is 0 Å². The molecule has 0 bridgehead atoms. The van der Waals surface area contributed by atoms with Gasteiger partial charge in [-0.05, 0) is 56.3 Å². The van der Waals surface area contributed by atoms with Crippen LogP contribution in [0.1, 0.15) is 46.0 Å². The van der Waals surface area contributed by atoms with E-state index in [9.17, 15) is 15.0 Å². The predicted octanol–water partition coefficient (Wildman–Crippen LogP) is 2.04. The Hall–Kier alpha value is -0.870. The summed E-state index contributed by atoms with van der Waals surface area (Å²) in [6, 6.07) is 0. The minimum absolute atomic E-state index is 0.0149. The quantitative estimate of drug-likeness (QED) is 0.601. The van der Waals surface area contributed by atoms with Crippen molar-refractivity contribution in [1.29, 1.82) is 0 Å². The van der Waals surface area contributed by atoms with E-state index in [0.717, 1.165) is 19.3 Å². The first-order valence-corrected chi connectivity index (χ1v) is 7.40. The Bertz CT molecular complexity index is 410. The van der Waals surface area contributed by atoms with Gasteiger partial charge in [-0.3, -0.25) is 0 Å². The lowest BCUT2D eigenvalue weighted by Crippen LogP contribution is -2.58. The van der Waals surface area contributed by atoms with Crippen LogP contribution in [-0.4, -0.2) is 35.0 Å². The Kier molecular flexibility index (Phi) is 4.00. The van der Waals surface area contributed by atoms with Gasteiger partial charge in [-0.1, -0.05) is 13.5 Å². The molecule has 2 rings (SSSR count). The molecule has 0 aromatic rings. The van der Waals surface area contributed by atoms with Crippen LogP contribution < -0.4 is 0 Å². The summed E-state index contributed by atoms with van der Waals surface area (Å²) in [6.45, 7) is 7.77. The van der Waals surface area contributed by atoms with Crippen LogP contribution in [0, 0.1) is 17.3 Å². The largest absolute Gasteiger partial charge is 0.466 e. The number of carbonyl (C=O) groups excluding carboxylic acids is 1. The molecule has 0 aromatic heterocycles. The van der Waals surface area contributed by atoms with Gasteiger partial charge in [-0.15, -0.1) is 0 Å². The molecule has 4 heteroatoms. The molecule has 2 fully saturated rings. The van der Waals surface area contributed by atoms with Crippen molar-refractivity contribution in [3.05, 3.63) is 12.2 Å². The van der Waals surface area contributed by atoms with Crippen molar-refractivity contribution >= 4 is 5.97 Å². The number of methoxy groups -OCH3 is 1. The first-order valence-electron chi connectivity index (χ1n) is 7.40. The van der Waals surface area contributed by atoms with Crippen molar-refractivity contribution in [2.24, 2.45) is 17.3 Å². The Balaban J connectivity index is 2.20. The lowest BCUT2D eigenvalue weighted by atomic mass is 9.52. The van der Waals surface area contributed by atoms with E-state index in [2.05, 4.69) is 13.5 Å². The van der Waals surface area contributed by atoms with Crippen molar-refractivity contribution in [2.45, 2.75) is 57.7 Å². The van der Waals surface area contributed by atoms with Gasteiger partial charge in [-0.25, -0.2) is 4.79 Å². The number of carbonyl (C=O) groups is 1. The van der Waals surface area contributed by atoms with Gasteiger partial charge in [0.1, 0.15) is 0 Å². The Morgan fingerprint density at radius 1 is 1.30 bits per heavy atom. The second kappa shape index (κ2) is 5.15. The molecule has 5 atom stereocenters. The summed E-state index contributed by atoms with van der Waals surface area (Å²) >= 11 is 0. The topological polar surface area (TPSA) is 66.8 Å². The van der Waals surface area contributed by atoms with E-state index in [1.807, 2.05) is 0 Å². The molecular formula is C16H26O4. The minimum Gasteiger partial charge on any atom is -0.466 e. The SMILES string of the molecule is C=C(C(=O)OC)[C@@H]1CC[C@@]2(C)CC[C@@H](O)[C@@](C)(O)[C@@H]2C1. The van der Waals surface area contributed by atoms with Gasteiger partial charge in [0.15, 0.2) is 0 Å². The third-order valence-electron chi connectivity index (χ3n) is 5.73. The third-order valence-corrected chi connectivity index (χ3v) is 5.73. The zero-order chi connectivity index (χ0) is 15.1. The van der Waals surface area contributed by atoms with Gasteiger partial charge in [0.25, 0.3) is 0 Å². The molecule has 0 radical (unpaired) electrons. The summed E-state index contributed by atoms with van der Waals surface area (Å²) in [5, 5.41) is 20.8. The van der Waals surface area contributed by atoms with Crippen LogP contribution in [0.3, 0.4) is 0 Å². The standard InChI is InChI=1S/C16H26O4/c1-10(14(18)20-4)11-5-7-15(2)8-6-13(17)16(3,19)12(15)9-11/h11-13,17,19H,1,5-9H2,2-4H3/t11-,12-,13-,15+,16+/m1/s1. The summed E-state index contributed by atoms with van der Waals surface area (Å²) in [5.41, 5.74) is -0.567. The molecule has 0 spiro atoms. The number of ether oxygens (including phenoxy) is 1. The van der Waals surface area contributed by atoms with Crippen LogP contribution >= 0.6 is 0 Å². The zero-order valence-electron chi connectivity index (χ0n) is 12.7. The van der Waals surface area contributed by atoms with E-state index < -0.39 is 11.7 Å². The van der Waals surface area contributed by atoms with Crippen LogP contribution in [0.2, 0.25) is 0 Å². The molecule has 4 nitrogen and oxygen atoms in total. The zero-order valence-corrected chi connectivity index (χ0v) is 12.7. The average molecular weight is 282 g/mol. The Morgan fingerprint density at radius 2 is 1.90 bits per heavy atom. The lowest BCUT2D eigenvalue weighted by molar-refractivity contribution is -0.183. The number of aliphatic hydroxyl groups is 2. The molecular weight excluding hydrogens is 256 g/mol. The Morgan fingerprint density at radius 3 is 2.50 bits per heavy atom. The molecule has 0 aromatic carbocycles. The van der Waals surface area contributed by atoms with Crippen molar-refractivity contribution in [1.82, 2.24) is 0 Å². The monoisotopic (exact) mass is 282 g/mol. The van der Waals surface area contributed by atoms with Gasteiger partial charge >= 0.3 is 5.97 Å². The highest BCUT2D eigenvalue weighted by Crippen LogP contribution is 2.56. The van der Waals surface area contributed by atoms with Gasteiger partial charge in [-0.2, -0.15) is 0 Å². The average Bonchev–Trinajstić information content (AvgIpc) is 2.42. The maximum atomic E-state index is 11.6. The van der Waals surface area contributed by atoms with Gasteiger partial charge in [0.2, 0.25) is 0 Å². The molecule has 0 saturated heterocycles. The van der Waals surface area contributed by atoms with Crippen molar-refractivity contribution < 1.29 is 19.7 Å². The normalized spacial score (nSPS) is 44.5. The van der Waals surface area contributed by atoms with Gasteiger partial charge in [0, 0.05) is 5.57 Å². The fraction of sp³-hybridized carbons (Fsp3) is 0.812. The van der Waals surface area contributed by atoms with E-state index in [-0.39, 0.29) is 23.2 Å². The van der Waals surface area contributed by atoms with Gasteiger partial charge in [0.05, 0.1) is 18.8 Å². The third kappa shape index (κ3) is 2.40. The van der Waals surface area contributed by atoms with Crippen LogP contribution in [0.15, 0.2) is 12.2 Å². The highest BCUT2D eigenvalue weighted by Gasteiger charge is 2.55. The number of hydrogen-bond acceptors (Lipinski definition) is 4. The maximum absolute atomic E-state index is 11.6. The smallest absolute Gasteiger partial charge is 0.333 e. The van der Waals surface area contributed by atoms with E-state index in [1.54, 1.807) is 6.92 Å². The van der Waals surface area contributed by atoms with Crippen LogP contribution in [-0.2, 0) is 9.53 Å². The molecule has 2 saturated carbocycles. The van der Waals surface area contributed by atoms with Crippen molar-refractivity contribution in [2.75, 3.05) is 7.11 Å². The molecule has 2 aliphatic rings. The van der Waals surface area contributed by atoms with Crippen molar-refractivity contribution in [3.63, 3.8) is 0 Å². The molecule has 2 N–H and O–H groups in total. The number of hydrogen-bond donors (Lipinski definition) is 2. The summed E-state index contributed by atoms with van der Waals surface area (Å²) in [4.78, 5) is 11.6. The molecule has 0 heterocycles. The molecule has 2 aliphatic carbocycles. The van der Waals surface area contributed by atoms with Crippen LogP contribution in [0.25, 0.3) is 0 Å². The predicted molar refractivity (Wildman–Crippen MR) is 76.0 cm³/mol. The second-order valence-electron chi connectivity index (χ2n) is 6.98. The molecule has 0 aliphatic heterocycles. The van der Waals surface area contributed by atoms with Crippen LogP contribution in [0.4, 0.5) is 0 Å². The molecule has 114 valence electrons. The summed E-state index contributed by atoms with van der Waals surface area (Å²) < 4.78 is 4.75. The fourth-order valence-electron chi connectivity index (χ4n) is 4.21. The van der Waals surface area contributed by atoms with Crippen LogP contribution in [0.5, 0.6) is 0 Å².